The number of rotatable bonds is 5. The first-order chi connectivity index (χ1) is 9.54. The Morgan fingerprint density at radius 3 is 2.75 bits per heavy atom. The van der Waals surface area contributed by atoms with Crippen molar-refractivity contribution >= 4 is 27.5 Å². The molecule has 1 heterocycles. The molecule has 2 unspecified atom stereocenters. The van der Waals surface area contributed by atoms with Crippen molar-refractivity contribution in [2.45, 2.75) is 19.9 Å². The summed E-state index contributed by atoms with van der Waals surface area (Å²) in [6, 6.07) is 8.07. The minimum absolute atomic E-state index is 0.000735. The van der Waals surface area contributed by atoms with Crippen molar-refractivity contribution in [1.29, 1.82) is 0 Å². The highest BCUT2D eigenvalue weighted by Gasteiger charge is 2.24. The summed E-state index contributed by atoms with van der Waals surface area (Å²) in [6.45, 7) is 4.66. The van der Waals surface area contributed by atoms with Crippen LogP contribution in [0.25, 0.3) is 10.2 Å². The lowest BCUT2D eigenvalue weighted by molar-refractivity contribution is -0.135. The Bertz CT molecular complexity index is 563. The van der Waals surface area contributed by atoms with Gasteiger partial charge in [-0.2, -0.15) is 0 Å². The maximum atomic E-state index is 12.3. The Morgan fingerprint density at radius 2 is 2.10 bits per heavy atom. The highest BCUT2D eigenvalue weighted by molar-refractivity contribution is 7.18. The van der Waals surface area contributed by atoms with E-state index in [-0.39, 0.29) is 17.9 Å². The third-order valence-electron chi connectivity index (χ3n) is 3.53. The van der Waals surface area contributed by atoms with Crippen LogP contribution < -0.4 is 5.32 Å². The molecule has 1 aromatic heterocycles. The lowest BCUT2D eigenvalue weighted by Gasteiger charge is -2.26. The Labute approximate surface area is 123 Å². The number of carbonyl (C=O) groups excluding carboxylic acids is 1. The van der Waals surface area contributed by atoms with Gasteiger partial charge in [-0.1, -0.05) is 19.1 Å². The maximum absolute atomic E-state index is 12.3. The van der Waals surface area contributed by atoms with Gasteiger partial charge in [0.2, 0.25) is 5.91 Å². The van der Waals surface area contributed by atoms with E-state index in [1.54, 1.807) is 16.2 Å². The van der Waals surface area contributed by atoms with E-state index in [9.17, 15) is 4.79 Å². The number of fused-ring (bicyclic) bond motifs is 1. The van der Waals surface area contributed by atoms with E-state index in [0.29, 0.717) is 6.54 Å². The lowest BCUT2D eigenvalue weighted by Crippen LogP contribution is -2.37. The molecule has 0 saturated heterocycles. The Morgan fingerprint density at radius 1 is 1.40 bits per heavy atom. The predicted octanol–water partition coefficient (Wildman–Crippen LogP) is 2.67. The van der Waals surface area contributed by atoms with Crippen LogP contribution in [0.3, 0.4) is 0 Å². The van der Waals surface area contributed by atoms with E-state index in [1.807, 2.05) is 46.1 Å². The van der Waals surface area contributed by atoms with Crippen LogP contribution in [-0.4, -0.2) is 36.4 Å². The van der Waals surface area contributed by atoms with Crippen molar-refractivity contribution < 1.29 is 4.79 Å². The number of para-hydroxylation sites is 1. The summed E-state index contributed by atoms with van der Waals surface area (Å²) < 4.78 is 1.17. The van der Waals surface area contributed by atoms with E-state index in [4.69, 9.17) is 0 Å². The summed E-state index contributed by atoms with van der Waals surface area (Å²) in [5.41, 5.74) is 1.00. The smallest absolute Gasteiger partial charge is 0.227 e. The lowest BCUT2D eigenvalue weighted by atomic mass is 10.1. The minimum atomic E-state index is -0.0261. The number of hydrogen-bond acceptors (Lipinski definition) is 4. The number of hydrogen-bond donors (Lipinski definition) is 1. The molecule has 1 amide bonds. The van der Waals surface area contributed by atoms with Crippen molar-refractivity contribution in [2.24, 2.45) is 5.92 Å². The molecule has 108 valence electrons. The number of thiazole rings is 1. The Kier molecular flexibility index (Phi) is 4.73. The SMILES string of the molecule is CNCC(C)C(=O)N(C)C(C)c1nc2ccccc2s1. The standard InChI is InChI=1S/C15H21N3OS/c1-10(9-16-3)15(19)18(4)11(2)14-17-12-7-5-6-8-13(12)20-14/h5-8,10-11,16H,9H2,1-4H3. The summed E-state index contributed by atoms with van der Waals surface area (Å²) in [5.74, 6) is 0.118. The molecule has 0 aliphatic carbocycles. The largest absolute Gasteiger partial charge is 0.336 e. The Balaban J connectivity index is 2.17. The van der Waals surface area contributed by atoms with Crippen LogP contribution in [-0.2, 0) is 4.79 Å². The van der Waals surface area contributed by atoms with Gasteiger partial charge in [0.25, 0.3) is 0 Å². The molecule has 1 aromatic carbocycles. The van der Waals surface area contributed by atoms with Crippen molar-refractivity contribution in [3.63, 3.8) is 0 Å². The molecule has 0 fully saturated rings. The maximum Gasteiger partial charge on any atom is 0.227 e. The molecule has 5 heteroatoms. The van der Waals surface area contributed by atoms with E-state index in [0.717, 1.165) is 10.5 Å². The van der Waals surface area contributed by atoms with Crippen molar-refractivity contribution in [3.8, 4) is 0 Å². The molecule has 0 spiro atoms. The van der Waals surface area contributed by atoms with Crippen LogP contribution in [0, 0.1) is 5.92 Å². The summed E-state index contributed by atoms with van der Waals surface area (Å²) in [6.07, 6.45) is 0. The second-order valence-corrected chi connectivity index (χ2v) is 6.17. The predicted molar refractivity (Wildman–Crippen MR) is 83.9 cm³/mol. The molecular formula is C15H21N3OS. The van der Waals surface area contributed by atoms with Gasteiger partial charge in [-0.3, -0.25) is 4.79 Å². The molecule has 1 N–H and O–H groups in total. The van der Waals surface area contributed by atoms with Crippen LogP contribution in [0.4, 0.5) is 0 Å². The fraction of sp³-hybridized carbons (Fsp3) is 0.467. The van der Waals surface area contributed by atoms with Crippen molar-refractivity contribution in [2.75, 3.05) is 20.6 Å². The number of nitrogens with zero attached hydrogens (tertiary/aromatic N) is 2. The van der Waals surface area contributed by atoms with E-state index >= 15 is 0 Å². The first-order valence-corrected chi connectivity index (χ1v) is 7.63. The van der Waals surface area contributed by atoms with Gasteiger partial charge in [0, 0.05) is 19.5 Å². The van der Waals surface area contributed by atoms with Gasteiger partial charge in [0.05, 0.1) is 16.3 Å². The number of benzene rings is 1. The van der Waals surface area contributed by atoms with Crippen LogP contribution in [0.5, 0.6) is 0 Å². The average Bonchev–Trinajstić information content (AvgIpc) is 2.89. The molecular weight excluding hydrogens is 270 g/mol. The number of nitrogens with one attached hydrogen (secondary N) is 1. The Hall–Kier alpha value is -1.46. The molecule has 2 aromatic rings. The molecule has 2 rings (SSSR count). The zero-order valence-electron chi connectivity index (χ0n) is 12.4. The zero-order chi connectivity index (χ0) is 14.7. The van der Waals surface area contributed by atoms with Gasteiger partial charge in [-0.25, -0.2) is 4.98 Å². The van der Waals surface area contributed by atoms with Gasteiger partial charge in [-0.15, -0.1) is 11.3 Å². The first-order valence-electron chi connectivity index (χ1n) is 6.81. The molecule has 0 radical (unpaired) electrons. The number of amides is 1. The quantitative estimate of drug-likeness (QED) is 0.921. The fourth-order valence-electron chi connectivity index (χ4n) is 2.17. The third-order valence-corrected chi connectivity index (χ3v) is 4.73. The van der Waals surface area contributed by atoms with Crippen molar-refractivity contribution in [1.82, 2.24) is 15.2 Å². The topological polar surface area (TPSA) is 45.2 Å². The van der Waals surface area contributed by atoms with Crippen LogP contribution >= 0.6 is 11.3 Å². The number of aromatic nitrogens is 1. The first kappa shape index (κ1) is 14.9. The fourth-order valence-corrected chi connectivity index (χ4v) is 3.23. The summed E-state index contributed by atoms with van der Waals surface area (Å²) in [5, 5.41) is 4.03. The summed E-state index contributed by atoms with van der Waals surface area (Å²) in [4.78, 5) is 18.7. The monoisotopic (exact) mass is 291 g/mol. The van der Waals surface area contributed by atoms with E-state index < -0.39 is 0 Å². The summed E-state index contributed by atoms with van der Waals surface area (Å²) in [7, 11) is 3.71. The molecule has 0 aliphatic rings. The van der Waals surface area contributed by atoms with Crippen LogP contribution in [0.15, 0.2) is 24.3 Å². The van der Waals surface area contributed by atoms with Crippen LogP contribution in [0.2, 0.25) is 0 Å². The normalized spacial score (nSPS) is 14.2. The highest BCUT2D eigenvalue weighted by Crippen LogP contribution is 2.29. The van der Waals surface area contributed by atoms with Gasteiger partial charge in [-0.05, 0) is 26.1 Å². The van der Waals surface area contributed by atoms with Gasteiger partial charge >= 0.3 is 0 Å². The second kappa shape index (κ2) is 6.33. The van der Waals surface area contributed by atoms with Gasteiger partial charge < -0.3 is 10.2 Å². The molecule has 0 bridgehead atoms. The van der Waals surface area contributed by atoms with E-state index in [1.165, 1.54) is 4.70 Å². The van der Waals surface area contributed by atoms with E-state index in [2.05, 4.69) is 16.4 Å². The highest BCUT2D eigenvalue weighted by atomic mass is 32.1. The average molecular weight is 291 g/mol. The minimum Gasteiger partial charge on any atom is -0.336 e. The van der Waals surface area contributed by atoms with Gasteiger partial charge in [0.1, 0.15) is 5.01 Å². The van der Waals surface area contributed by atoms with Crippen molar-refractivity contribution in [3.05, 3.63) is 29.3 Å². The molecule has 20 heavy (non-hydrogen) atoms. The summed E-state index contributed by atoms with van der Waals surface area (Å²) >= 11 is 1.66. The molecule has 4 nitrogen and oxygen atoms in total. The molecule has 0 aliphatic heterocycles. The van der Waals surface area contributed by atoms with Gasteiger partial charge in [0.15, 0.2) is 0 Å². The number of carbonyl (C=O) groups is 1. The third kappa shape index (κ3) is 2.99. The zero-order valence-corrected chi connectivity index (χ0v) is 13.2. The molecule has 2 atom stereocenters. The second-order valence-electron chi connectivity index (χ2n) is 5.10. The molecule has 0 saturated carbocycles. The van der Waals surface area contributed by atoms with Crippen LogP contribution in [0.1, 0.15) is 24.9 Å².